The van der Waals surface area contributed by atoms with Gasteiger partial charge in [0.2, 0.25) is 0 Å². The van der Waals surface area contributed by atoms with Crippen molar-refractivity contribution in [2.75, 3.05) is 5.73 Å². The molecule has 16 heavy (non-hydrogen) atoms. The number of anilines is 1. The van der Waals surface area contributed by atoms with Crippen molar-refractivity contribution in [1.29, 1.82) is 0 Å². The molecular weight excluding hydrogens is 221 g/mol. The second-order valence-corrected chi connectivity index (χ2v) is 4.64. The van der Waals surface area contributed by atoms with E-state index in [2.05, 4.69) is 0 Å². The molecule has 0 aromatic heterocycles. The van der Waals surface area contributed by atoms with E-state index in [1.807, 2.05) is 31.2 Å². The molecule has 0 saturated carbocycles. The second kappa shape index (κ2) is 4.58. The van der Waals surface area contributed by atoms with E-state index < -0.39 is 0 Å². The Morgan fingerprint density at radius 2 is 1.88 bits per heavy atom. The number of nitrogens with two attached hydrogens (primary N) is 1. The van der Waals surface area contributed by atoms with Gasteiger partial charge in [-0.2, -0.15) is 0 Å². The number of nitrogen functional groups attached to an aromatic ring is 1. The molecule has 0 spiro atoms. The first-order chi connectivity index (χ1) is 7.66. The molecule has 2 rings (SSSR count). The van der Waals surface area contributed by atoms with Crippen LogP contribution in [0.2, 0.25) is 0 Å². The largest absolute Gasteiger partial charge is 0.398 e. The summed E-state index contributed by atoms with van der Waals surface area (Å²) in [5.74, 6) is -0.225. The van der Waals surface area contributed by atoms with Crippen molar-refractivity contribution < 1.29 is 4.39 Å². The normalized spacial score (nSPS) is 10.4. The van der Waals surface area contributed by atoms with Gasteiger partial charge in [0.1, 0.15) is 5.82 Å². The highest BCUT2D eigenvalue weighted by atomic mass is 32.2. The summed E-state index contributed by atoms with van der Waals surface area (Å²) in [6, 6.07) is 12.3. The molecule has 0 fully saturated rings. The molecule has 0 aliphatic rings. The molecule has 0 atom stereocenters. The lowest BCUT2D eigenvalue weighted by Gasteiger charge is -2.08. The minimum atomic E-state index is -0.225. The molecule has 2 N–H and O–H groups in total. The Kier molecular flexibility index (Phi) is 3.15. The van der Waals surface area contributed by atoms with Crippen LogP contribution in [0.15, 0.2) is 52.3 Å². The third-order valence-corrected chi connectivity index (χ3v) is 3.51. The smallest absolute Gasteiger partial charge is 0.124 e. The predicted molar refractivity (Wildman–Crippen MR) is 66.1 cm³/mol. The van der Waals surface area contributed by atoms with Gasteiger partial charge < -0.3 is 5.73 Å². The average molecular weight is 233 g/mol. The summed E-state index contributed by atoms with van der Waals surface area (Å²) in [6.07, 6.45) is 0. The van der Waals surface area contributed by atoms with E-state index >= 15 is 0 Å². The first kappa shape index (κ1) is 11.0. The highest BCUT2D eigenvalue weighted by molar-refractivity contribution is 7.99. The monoisotopic (exact) mass is 233 g/mol. The van der Waals surface area contributed by atoms with Gasteiger partial charge in [-0.05, 0) is 36.8 Å². The Morgan fingerprint density at radius 3 is 2.56 bits per heavy atom. The molecule has 1 nitrogen and oxygen atoms in total. The van der Waals surface area contributed by atoms with Crippen molar-refractivity contribution >= 4 is 17.4 Å². The standard InChI is InChI=1S/C13H12FNS/c1-9-4-2-7-12(15)13(9)16-11-6-3-5-10(14)8-11/h2-8H,15H2,1H3. The lowest BCUT2D eigenvalue weighted by Crippen LogP contribution is -1.90. The highest BCUT2D eigenvalue weighted by Gasteiger charge is 2.05. The first-order valence-electron chi connectivity index (χ1n) is 4.95. The van der Waals surface area contributed by atoms with Gasteiger partial charge in [0.15, 0.2) is 0 Å². The second-order valence-electron chi connectivity index (χ2n) is 3.55. The van der Waals surface area contributed by atoms with Crippen LogP contribution < -0.4 is 5.73 Å². The zero-order valence-electron chi connectivity index (χ0n) is 8.91. The summed E-state index contributed by atoms with van der Waals surface area (Å²) in [5, 5.41) is 0. The molecule has 2 aromatic carbocycles. The molecule has 0 radical (unpaired) electrons. The number of hydrogen-bond acceptors (Lipinski definition) is 2. The van der Waals surface area contributed by atoms with Gasteiger partial charge in [0, 0.05) is 15.5 Å². The molecule has 0 heterocycles. The lowest BCUT2D eigenvalue weighted by atomic mass is 10.2. The Hall–Kier alpha value is -1.48. The number of aryl methyl sites for hydroxylation is 1. The Balaban J connectivity index is 2.34. The lowest BCUT2D eigenvalue weighted by molar-refractivity contribution is 0.624. The molecule has 0 bridgehead atoms. The third kappa shape index (κ3) is 2.36. The fraction of sp³-hybridized carbons (Fsp3) is 0.0769. The van der Waals surface area contributed by atoms with Gasteiger partial charge in [-0.1, -0.05) is 30.0 Å². The van der Waals surface area contributed by atoms with Crippen LogP contribution in [-0.2, 0) is 0 Å². The van der Waals surface area contributed by atoms with Gasteiger partial charge in [0.05, 0.1) is 0 Å². The summed E-state index contributed by atoms with van der Waals surface area (Å²) in [4.78, 5) is 1.86. The van der Waals surface area contributed by atoms with E-state index in [0.29, 0.717) is 0 Å². The molecule has 2 aromatic rings. The molecule has 82 valence electrons. The average Bonchev–Trinajstić information content (AvgIpc) is 2.24. The van der Waals surface area contributed by atoms with Crippen LogP contribution in [0, 0.1) is 12.7 Å². The maximum atomic E-state index is 13.0. The van der Waals surface area contributed by atoms with E-state index in [9.17, 15) is 4.39 Å². The minimum Gasteiger partial charge on any atom is -0.398 e. The minimum absolute atomic E-state index is 0.225. The van der Waals surface area contributed by atoms with Crippen LogP contribution in [0.3, 0.4) is 0 Å². The summed E-state index contributed by atoms with van der Waals surface area (Å²) in [5.41, 5.74) is 7.73. The van der Waals surface area contributed by atoms with E-state index in [1.165, 1.54) is 23.9 Å². The highest BCUT2D eigenvalue weighted by Crippen LogP contribution is 2.34. The Labute approximate surface area is 98.5 Å². The number of benzene rings is 2. The zero-order chi connectivity index (χ0) is 11.5. The molecule has 0 aliphatic carbocycles. The van der Waals surface area contributed by atoms with Gasteiger partial charge in [-0.25, -0.2) is 4.39 Å². The van der Waals surface area contributed by atoms with Crippen molar-refractivity contribution in [3.63, 3.8) is 0 Å². The summed E-state index contributed by atoms with van der Waals surface area (Å²) in [6.45, 7) is 2.00. The number of rotatable bonds is 2. The van der Waals surface area contributed by atoms with Crippen molar-refractivity contribution in [3.8, 4) is 0 Å². The topological polar surface area (TPSA) is 26.0 Å². The Morgan fingerprint density at radius 1 is 1.12 bits per heavy atom. The van der Waals surface area contributed by atoms with Crippen molar-refractivity contribution in [2.45, 2.75) is 16.7 Å². The van der Waals surface area contributed by atoms with E-state index in [1.54, 1.807) is 6.07 Å². The summed E-state index contributed by atoms with van der Waals surface area (Å²) >= 11 is 1.49. The molecule has 0 unspecified atom stereocenters. The van der Waals surface area contributed by atoms with Crippen LogP contribution in [0.1, 0.15) is 5.56 Å². The molecule has 0 aliphatic heterocycles. The van der Waals surface area contributed by atoms with Crippen LogP contribution >= 0.6 is 11.8 Å². The van der Waals surface area contributed by atoms with Gasteiger partial charge in [-0.15, -0.1) is 0 Å². The quantitative estimate of drug-likeness (QED) is 0.797. The van der Waals surface area contributed by atoms with Crippen LogP contribution in [0.4, 0.5) is 10.1 Å². The molecular formula is C13H12FNS. The predicted octanol–water partition coefficient (Wildman–Crippen LogP) is 3.87. The van der Waals surface area contributed by atoms with Gasteiger partial charge in [0.25, 0.3) is 0 Å². The number of hydrogen-bond donors (Lipinski definition) is 1. The molecule has 3 heteroatoms. The van der Waals surface area contributed by atoms with Crippen molar-refractivity contribution in [2.24, 2.45) is 0 Å². The Bertz CT molecular complexity index is 491. The van der Waals surface area contributed by atoms with Gasteiger partial charge in [-0.3, -0.25) is 0 Å². The maximum Gasteiger partial charge on any atom is 0.124 e. The fourth-order valence-electron chi connectivity index (χ4n) is 1.46. The van der Waals surface area contributed by atoms with Crippen LogP contribution in [0.5, 0.6) is 0 Å². The fourth-order valence-corrected chi connectivity index (χ4v) is 2.43. The van der Waals surface area contributed by atoms with E-state index in [-0.39, 0.29) is 5.82 Å². The maximum absolute atomic E-state index is 13.0. The van der Waals surface area contributed by atoms with Crippen molar-refractivity contribution in [3.05, 3.63) is 53.8 Å². The van der Waals surface area contributed by atoms with E-state index in [0.717, 1.165) is 21.0 Å². The molecule has 0 amide bonds. The summed E-state index contributed by atoms with van der Waals surface area (Å²) < 4.78 is 13.0. The summed E-state index contributed by atoms with van der Waals surface area (Å²) in [7, 11) is 0. The van der Waals surface area contributed by atoms with Crippen molar-refractivity contribution in [1.82, 2.24) is 0 Å². The molecule has 0 saturated heterocycles. The van der Waals surface area contributed by atoms with Crippen LogP contribution in [0.25, 0.3) is 0 Å². The SMILES string of the molecule is Cc1cccc(N)c1Sc1cccc(F)c1. The zero-order valence-corrected chi connectivity index (χ0v) is 9.72. The van der Waals surface area contributed by atoms with Gasteiger partial charge >= 0.3 is 0 Å². The third-order valence-electron chi connectivity index (χ3n) is 2.26. The van der Waals surface area contributed by atoms with Crippen LogP contribution in [-0.4, -0.2) is 0 Å². The first-order valence-corrected chi connectivity index (χ1v) is 5.77. The van der Waals surface area contributed by atoms with E-state index in [4.69, 9.17) is 5.73 Å². The number of halogens is 1.